The first-order valence-electron chi connectivity index (χ1n) is 0. The largest absolute Gasteiger partial charge is 3.00 e. The van der Waals surface area contributed by atoms with Crippen LogP contribution in [-0.4, -0.2) is 25.8 Å². The minimum atomic E-state index is 0. The van der Waals surface area contributed by atoms with Gasteiger partial charge in [-0.1, -0.05) is 0 Å². The van der Waals surface area contributed by atoms with E-state index >= 15 is 0 Å². The third-order valence-electron chi connectivity index (χ3n) is 0. The predicted octanol–water partition coefficient (Wildman–Crippen LogP) is -0.737. The van der Waals surface area contributed by atoms with Gasteiger partial charge >= 0.3 is 65.8 Å². The van der Waals surface area contributed by atoms with Gasteiger partial charge in [-0.2, -0.15) is 0 Å². The van der Waals surface area contributed by atoms with E-state index in [1.807, 2.05) is 0 Å². The molecule has 0 saturated heterocycles. The van der Waals surface area contributed by atoms with E-state index in [9.17, 15) is 0 Å². The van der Waals surface area contributed by atoms with Crippen molar-refractivity contribution in [1.82, 2.24) is 0 Å². The summed E-state index contributed by atoms with van der Waals surface area (Å²) in [5, 5.41) is 0. The van der Waals surface area contributed by atoms with E-state index in [4.69, 9.17) is 0 Å². The predicted molar refractivity (Wildman–Crippen MR) is 7.81 cm³/mol. The number of hydrogen-bond acceptors (Lipinski definition) is 0. The van der Waals surface area contributed by atoms with Crippen molar-refractivity contribution in [2.75, 3.05) is 0 Å². The molecule has 0 aliphatic carbocycles. The summed E-state index contributed by atoms with van der Waals surface area (Å²) in [5.74, 6) is 0. The molecule has 0 bridgehead atoms. The zero-order chi connectivity index (χ0) is 0. The summed E-state index contributed by atoms with van der Waals surface area (Å²) in [4.78, 5) is 0. The van der Waals surface area contributed by atoms with E-state index in [1.165, 1.54) is 0 Å². The molecule has 3 nitrogen and oxygen atoms in total. The maximum atomic E-state index is 0. The minimum absolute atomic E-state index is 0. The van der Waals surface area contributed by atoms with Gasteiger partial charge < -0.3 is 16.4 Å². The van der Waals surface area contributed by atoms with Crippen LogP contribution in [0.25, 0.3) is 0 Å². The molecule has 0 rings (SSSR count). The van der Waals surface area contributed by atoms with Gasteiger partial charge in [0.15, 0.2) is 0 Å². The summed E-state index contributed by atoms with van der Waals surface area (Å²) in [6, 6.07) is 0. The van der Waals surface area contributed by atoms with Crippen LogP contribution < -0.4 is 0 Å². The molecule has 5 heteroatoms. The molecule has 0 aromatic carbocycles. The van der Waals surface area contributed by atoms with Crippen molar-refractivity contribution in [3.05, 3.63) is 0 Å². The molecule has 0 unspecified atom stereocenters. The van der Waals surface area contributed by atoms with Crippen molar-refractivity contribution in [1.29, 1.82) is 0 Å². The molecule has 0 aliphatic heterocycles. The Hall–Kier alpha value is 2.07. The number of hydrogen-bond donors (Lipinski definition) is 0. The Balaban J connectivity index is 0. The van der Waals surface area contributed by atoms with Crippen LogP contribution >= 0.6 is 0 Å². The summed E-state index contributed by atoms with van der Waals surface area (Å²) < 4.78 is 0. The Morgan fingerprint density at radius 1 is 0.600 bits per heavy atom. The van der Waals surface area contributed by atoms with E-state index in [-0.39, 0.29) is 82.2 Å². The first-order chi connectivity index (χ1) is 0. The fourth-order valence-corrected chi connectivity index (χ4v) is 0. The SMILES string of the molecule is [Gd+3].[In+3].[O-2].[O-2].[O-2]. The Kier molecular flexibility index (Phi) is 441. The van der Waals surface area contributed by atoms with E-state index in [1.54, 1.807) is 0 Å². The zero-order valence-corrected chi connectivity index (χ0v) is 7.72. The van der Waals surface area contributed by atoms with Gasteiger partial charge in [0.2, 0.25) is 0 Å². The molecule has 1 radical (unpaired) electrons. The Labute approximate surface area is 80.9 Å². The maximum Gasteiger partial charge on any atom is 3.00 e. The molecule has 0 atom stereocenters. The molecule has 0 saturated carbocycles. The van der Waals surface area contributed by atoms with Crippen molar-refractivity contribution in [3.63, 3.8) is 0 Å². The van der Waals surface area contributed by atoms with Gasteiger partial charge in [-0.15, -0.1) is 0 Å². The van der Waals surface area contributed by atoms with Crippen LogP contribution in [0.2, 0.25) is 0 Å². The van der Waals surface area contributed by atoms with Gasteiger partial charge in [0.1, 0.15) is 0 Å². The van der Waals surface area contributed by atoms with Gasteiger partial charge in [-0.25, -0.2) is 0 Å². The molecule has 0 heterocycles. The van der Waals surface area contributed by atoms with E-state index in [0.717, 1.165) is 0 Å². The fraction of sp³-hybridized carbons (Fsp3) is 0. The minimum Gasteiger partial charge on any atom is -2.00 e. The van der Waals surface area contributed by atoms with Crippen molar-refractivity contribution < 1.29 is 56.4 Å². The fourth-order valence-electron chi connectivity index (χ4n) is 0. The summed E-state index contributed by atoms with van der Waals surface area (Å²) in [7, 11) is 0. The average molecular weight is 320 g/mol. The van der Waals surface area contributed by atoms with Crippen LogP contribution in [0.4, 0.5) is 0 Å². The van der Waals surface area contributed by atoms with Crippen LogP contribution in [0.3, 0.4) is 0 Å². The van der Waals surface area contributed by atoms with Crippen molar-refractivity contribution in [2.45, 2.75) is 0 Å². The van der Waals surface area contributed by atoms with Crippen LogP contribution in [-0.2, 0) is 16.4 Å². The first-order valence-corrected chi connectivity index (χ1v) is 0. The van der Waals surface area contributed by atoms with E-state index < -0.39 is 0 Å². The summed E-state index contributed by atoms with van der Waals surface area (Å²) in [5.41, 5.74) is 0. The quantitative estimate of drug-likeness (QED) is 0.563. The van der Waals surface area contributed by atoms with Crippen molar-refractivity contribution >= 4 is 25.8 Å². The number of rotatable bonds is 0. The topological polar surface area (TPSA) is 85.5 Å². The molecule has 0 aromatic rings. The molecule has 0 aromatic heterocycles. The first kappa shape index (κ1) is 60.6. The second-order valence-corrected chi connectivity index (χ2v) is 0. The molecular formula is GdInO3. The van der Waals surface area contributed by atoms with Gasteiger partial charge in [0, 0.05) is 0 Å². The zero-order valence-electron chi connectivity index (χ0n) is 2.16. The average Bonchev–Trinajstić information content (AvgIpc) is 0. The Morgan fingerprint density at radius 2 is 0.600 bits per heavy atom. The van der Waals surface area contributed by atoms with E-state index in [2.05, 4.69) is 0 Å². The van der Waals surface area contributed by atoms with Crippen LogP contribution in [0, 0.1) is 39.9 Å². The summed E-state index contributed by atoms with van der Waals surface area (Å²) >= 11 is 0. The van der Waals surface area contributed by atoms with Crippen LogP contribution in [0.15, 0.2) is 0 Å². The van der Waals surface area contributed by atoms with Gasteiger partial charge in [0.05, 0.1) is 0 Å². The van der Waals surface area contributed by atoms with Gasteiger partial charge in [-0.3, -0.25) is 0 Å². The molecular weight excluding hydrogens is 320 g/mol. The maximum absolute atomic E-state index is 0. The smallest absolute Gasteiger partial charge is 2.00 e. The molecule has 5 heavy (non-hydrogen) atoms. The Morgan fingerprint density at radius 3 is 0.600 bits per heavy atom. The normalized spacial score (nSPS) is 0. The molecule has 0 amide bonds. The molecule has 0 spiro atoms. The molecule has 0 fully saturated rings. The van der Waals surface area contributed by atoms with Gasteiger partial charge in [0.25, 0.3) is 0 Å². The summed E-state index contributed by atoms with van der Waals surface area (Å²) in [6.45, 7) is 0. The van der Waals surface area contributed by atoms with Crippen LogP contribution in [0.5, 0.6) is 0 Å². The molecule has 0 aliphatic rings. The van der Waals surface area contributed by atoms with Crippen molar-refractivity contribution in [3.8, 4) is 0 Å². The van der Waals surface area contributed by atoms with E-state index in [0.29, 0.717) is 0 Å². The second kappa shape index (κ2) is 36.3. The third kappa shape index (κ3) is 23.4. The molecule has 29 valence electrons. The Bertz CT molecular complexity index is 6.85. The molecule has 0 N–H and O–H groups in total. The standard InChI is InChI=1S/Gd.In.3O/q2*+3;3*-2. The second-order valence-electron chi connectivity index (χ2n) is 0. The van der Waals surface area contributed by atoms with Crippen LogP contribution in [0.1, 0.15) is 0 Å². The third-order valence-corrected chi connectivity index (χ3v) is 0. The monoisotopic (exact) mass is 321 g/mol. The van der Waals surface area contributed by atoms with Crippen molar-refractivity contribution in [2.24, 2.45) is 0 Å². The van der Waals surface area contributed by atoms with Gasteiger partial charge in [-0.05, 0) is 0 Å². The summed E-state index contributed by atoms with van der Waals surface area (Å²) in [6.07, 6.45) is 0.